The van der Waals surface area contributed by atoms with E-state index in [2.05, 4.69) is 0 Å². The summed E-state index contributed by atoms with van der Waals surface area (Å²) in [6.45, 7) is 0. The van der Waals surface area contributed by atoms with Gasteiger partial charge in [0.1, 0.15) is 0 Å². The molecule has 1 aromatic heterocycles. The van der Waals surface area contributed by atoms with Crippen molar-refractivity contribution in [2.24, 2.45) is 0 Å². The van der Waals surface area contributed by atoms with E-state index in [1.54, 1.807) is 6.07 Å². The van der Waals surface area contributed by atoms with Gasteiger partial charge in [-0.15, -0.1) is 0 Å². The Morgan fingerprint density at radius 3 is 1.91 bits per heavy atom. The number of hydrogen-bond donors (Lipinski definition) is 1. The standard InChI is InChI=1S/C17H12O3P.Na/c18-16(19)15-11-12-20-17(15)21(13-7-3-1-4-8-13)14-9-5-2-6-10-14;/h1-11H,(H,18,19);. The number of carbonyl (C=O) groups is 1. The van der Waals surface area contributed by atoms with E-state index in [4.69, 9.17) is 4.42 Å². The number of carboxylic acids is 1. The maximum absolute atomic E-state index is 11.6. The van der Waals surface area contributed by atoms with E-state index in [-0.39, 0.29) is 5.56 Å². The Balaban J connectivity index is 2.21. The van der Waals surface area contributed by atoms with Crippen LogP contribution in [0.5, 0.6) is 0 Å². The van der Waals surface area contributed by atoms with Gasteiger partial charge >= 0.3 is 148 Å². The fourth-order valence-electron chi connectivity index (χ4n) is 2.36. The quantitative estimate of drug-likeness (QED) is 0.586. The van der Waals surface area contributed by atoms with Crippen LogP contribution in [0.3, 0.4) is 0 Å². The summed E-state index contributed by atoms with van der Waals surface area (Å²) >= 11 is 0.690. The third kappa shape index (κ3) is 3.18. The van der Waals surface area contributed by atoms with E-state index >= 15 is 0 Å². The molecule has 5 heteroatoms. The molecular weight excluding hydrogens is 306 g/mol. The third-order valence-electron chi connectivity index (χ3n) is 3.30. The van der Waals surface area contributed by atoms with Gasteiger partial charge in [-0.25, -0.2) is 0 Å². The predicted molar refractivity (Wildman–Crippen MR) is 89.8 cm³/mol. The molecule has 0 radical (unpaired) electrons. The van der Waals surface area contributed by atoms with Gasteiger partial charge in [-0.2, -0.15) is 0 Å². The molecule has 2 aromatic carbocycles. The van der Waals surface area contributed by atoms with Gasteiger partial charge in [0, 0.05) is 0 Å². The normalized spacial score (nSPS) is 10.9. The van der Waals surface area contributed by atoms with Gasteiger partial charge in [0.25, 0.3) is 0 Å². The van der Waals surface area contributed by atoms with Gasteiger partial charge in [-0.3, -0.25) is 0 Å². The SMILES string of the molecule is O=C(O)c1c[c]([Na])oc1P(c1ccccc1)c1ccccc1. The van der Waals surface area contributed by atoms with E-state index in [0.717, 1.165) is 13.6 Å². The molecule has 1 N–H and O–H groups in total. The second-order valence-electron chi connectivity index (χ2n) is 4.89. The van der Waals surface area contributed by atoms with Crippen LogP contribution in [0, 0.1) is 0 Å². The number of benzene rings is 2. The van der Waals surface area contributed by atoms with Gasteiger partial charge in [-0.05, 0) is 0 Å². The van der Waals surface area contributed by atoms with Crippen LogP contribution in [-0.4, -0.2) is 39.0 Å². The third-order valence-corrected chi connectivity index (χ3v) is 6.16. The Labute approximate surface area is 147 Å². The Kier molecular flexibility index (Phi) is 4.80. The van der Waals surface area contributed by atoms with Crippen LogP contribution >= 0.6 is 7.92 Å². The molecule has 0 aliphatic rings. The van der Waals surface area contributed by atoms with Crippen molar-refractivity contribution < 1.29 is 14.3 Å². The van der Waals surface area contributed by atoms with Crippen molar-refractivity contribution >= 4 is 60.9 Å². The van der Waals surface area contributed by atoms with Crippen LogP contribution in [0.1, 0.15) is 10.4 Å². The van der Waals surface area contributed by atoms with Crippen molar-refractivity contribution in [3.8, 4) is 0 Å². The summed E-state index contributed by atoms with van der Waals surface area (Å²) < 4.78 is 6.61. The van der Waals surface area contributed by atoms with Crippen molar-refractivity contribution in [1.29, 1.82) is 0 Å². The molecule has 3 rings (SSSR count). The molecule has 0 aliphatic carbocycles. The molecule has 0 atom stereocenters. The molecule has 104 valence electrons. The van der Waals surface area contributed by atoms with Gasteiger partial charge < -0.3 is 0 Å². The summed E-state index contributed by atoms with van der Waals surface area (Å²) in [5.41, 5.74) is 0.855. The molecule has 0 bridgehead atoms. The van der Waals surface area contributed by atoms with Crippen LogP contribution in [0.15, 0.2) is 71.1 Å². The summed E-state index contributed by atoms with van der Waals surface area (Å²) in [6, 6.07) is 21.6. The zero-order valence-electron chi connectivity index (χ0n) is 12.1. The van der Waals surface area contributed by atoms with Crippen molar-refractivity contribution in [1.82, 2.24) is 0 Å². The first-order chi connectivity index (χ1) is 10.7. The zero-order valence-corrected chi connectivity index (χ0v) is 15.0. The van der Waals surface area contributed by atoms with Gasteiger partial charge in [0.05, 0.1) is 0 Å². The molecule has 3 nitrogen and oxygen atoms in total. The fourth-order valence-corrected chi connectivity index (χ4v) is 5.37. The van der Waals surface area contributed by atoms with Crippen molar-refractivity contribution in [3.63, 3.8) is 0 Å². The van der Waals surface area contributed by atoms with E-state index in [1.165, 1.54) is 0 Å². The maximum atomic E-state index is 11.6. The van der Waals surface area contributed by atoms with E-state index in [0.29, 0.717) is 33.4 Å². The summed E-state index contributed by atoms with van der Waals surface area (Å²) in [5.74, 6) is -0.930. The van der Waals surface area contributed by atoms with Gasteiger partial charge in [0.15, 0.2) is 0 Å². The Morgan fingerprint density at radius 1 is 0.955 bits per heavy atom. The first-order valence-electron chi connectivity index (χ1n) is 6.91. The number of hydrogen-bond acceptors (Lipinski definition) is 2. The zero-order chi connectivity index (χ0) is 15.5. The Morgan fingerprint density at radius 2 is 1.45 bits per heavy atom. The number of furan rings is 1. The minimum absolute atomic E-state index is 0.281. The number of aromatic carboxylic acids is 1. The van der Waals surface area contributed by atoms with Crippen LogP contribution in [0.2, 0.25) is 0 Å². The van der Waals surface area contributed by atoms with Crippen LogP contribution in [0.4, 0.5) is 0 Å². The Bertz CT molecular complexity index is 745. The monoisotopic (exact) mass is 318 g/mol. The van der Waals surface area contributed by atoms with Crippen LogP contribution in [0.25, 0.3) is 0 Å². The van der Waals surface area contributed by atoms with E-state index < -0.39 is 13.9 Å². The molecule has 0 aliphatic heterocycles. The average molecular weight is 318 g/mol. The number of carboxylic acid groups (broad SMARTS) is 1. The van der Waals surface area contributed by atoms with Crippen LogP contribution in [-0.2, 0) is 0 Å². The summed E-state index contributed by atoms with van der Waals surface area (Å²) in [6.07, 6.45) is 0. The molecule has 0 saturated heterocycles. The van der Waals surface area contributed by atoms with E-state index in [1.807, 2.05) is 60.7 Å². The van der Waals surface area contributed by atoms with Crippen molar-refractivity contribution in [2.45, 2.75) is 0 Å². The first-order valence-corrected chi connectivity index (χ1v) is 9.25. The molecule has 1 heterocycles. The molecule has 22 heavy (non-hydrogen) atoms. The molecule has 0 saturated carbocycles. The number of rotatable bonds is 4. The minimum atomic E-state index is -1.00. The molecular formula is C17H12NaO3P. The van der Waals surface area contributed by atoms with Crippen molar-refractivity contribution in [3.05, 3.63) is 72.3 Å². The van der Waals surface area contributed by atoms with E-state index in [9.17, 15) is 9.90 Å². The molecule has 0 spiro atoms. The van der Waals surface area contributed by atoms with Gasteiger partial charge in [0.2, 0.25) is 0 Å². The molecule has 0 unspecified atom stereocenters. The topological polar surface area (TPSA) is 50.4 Å². The fraction of sp³-hybridized carbons (Fsp3) is 0. The van der Waals surface area contributed by atoms with Crippen LogP contribution < -0.4 is 19.1 Å². The van der Waals surface area contributed by atoms with Crippen molar-refractivity contribution in [2.75, 3.05) is 0 Å². The molecule has 0 amide bonds. The predicted octanol–water partition coefficient (Wildman–Crippen LogP) is 1.53. The summed E-state index contributed by atoms with van der Waals surface area (Å²) in [5, 5.41) is 11.7. The second kappa shape index (κ2) is 6.80. The van der Waals surface area contributed by atoms with Gasteiger partial charge in [-0.1, -0.05) is 0 Å². The first kappa shape index (κ1) is 15.5. The second-order valence-corrected chi connectivity index (χ2v) is 7.98. The Hall–Kier alpha value is -1.38. The summed E-state index contributed by atoms with van der Waals surface area (Å²) in [4.78, 5) is 11.6. The molecule has 0 fully saturated rings. The molecule has 3 aromatic rings. The summed E-state index contributed by atoms with van der Waals surface area (Å²) in [7, 11) is -1.00. The average Bonchev–Trinajstić information content (AvgIpc) is 2.92.